The van der Waals surface area contributed by atoms with Gasteiger partial charge in [0, 0.05) is 13.0 Å². The number of rotatable bonds is 9. The van der Waals surface area contributed by atoms with Crippen LogP contribution in [0.4, 0.5) is 5.82 Å². The van der Waals surface area contributed by atoms with Gasteiger partial charge in [-0.05, 0) is 24.7 Å². The molecule has 25 heavy (non-hydrogen) atoms. The second-order valence-corrected chi connectivity index (χ2v) is 8.13. The number of aromatic nitrogens is 4. The molecule has 0 saturated heterocycles. The maximum Gasteiger partial charge on any atom is 0.327 e. The summed E-state index contributed by atoms with van der Waals surface area (Å²) < 4.78 is 1.72. The van der Waals surface area contributed by atoms with Gasteiger partial charge in [-0.15, -0.1) is 0 Å². The number of imidazole rings is 1. The van der Waals surface area contributed by atoms with E-state index in [1.807, 2.05) is 0 Å². The van der Waals surface area contributed by atoms with Crippen molar-refractivity contribution < 1.29 is 0 Å². The topological polar surface area (TPSA) is 89.6 Å². The van der Waals surface area contributed by atoms with Gasteiger partial charge < -0.3 is 10.7 Å². The second-order valence-electron chi connectivity index (χ2n) is 8.13. The van der Waals surface area contributed by atoms with Crippen molar-refractivity contribution in [1.82, 2.24) is 19.5 Å². The number of H-pyrrole nitrogens is 1. The van der Waals surface area contributed by atoms with Crippen molar-refractivity contribution in [3.05, 3.63) is 16.3 Å². The van der Waals surface area contributed by atoms with Gasteiger partial charge in [-0.1, -0.05) is 53.4 Å². The van der Waals surface area contributed by atoms with Crippen molar-refractivity contribution in [2.45, 2.75) is 85.6 Å². The smallest absolute Gasteiger partial charge is 0.327 e. The average Bonchev–Trinajstić information content (AvgIpc) is 2.83. The molecule has 2 aromatic rings. The van der Waals surface area contributed by atoms with Crippen LogP contribution in [0.5, 0.6) is 0 Å². The molecule has 0 aliphatic carbocycles. The summed E-state index contributed by atoms with van der Waals surface area (Å²) in [5.41, 5.74) is 7.48. The number of nitrogens with two attached hydrogens (primary N) is 1. The first kappa shape index (κ1) is 19.5. The molecule has 0 unspecified atom stereocenters. The first-order chi connectivity index (χ1) is 11.8. The molecule has 0 bridgehead atoms. The van der Waals surface area contributed by atoms with Gasteiger partial charge in [-0.3, -0.25) is 4.57 Å². The van der Waals surface area contributed by atoms with Crippen LogP contribution >= 0.6 is 0 Å². The minimum atomic E-state index is -0.141. The zero-order valence-electron chi connectivity index (χ0n) is 16.2. The van der Waals surface area contributed by atoms with E-state index < -0.39 is 0 Å². The number of aryl methyl sites for hydroxylation is 2. The van der Waals surface area contributed by atoms with Gasteiger partial charge >= 0.3 is 5.69 Å². The van der Waals surface area contributed by atoms with Gasteiger partial charge in [0.1, 0.15) is 11.3 Å². The Balaban J connectivity index is 2.08. The lowest BCUT2D eigenvalue weighted by Gasteiger charge is -2.17. The van der Waals surface area contributed by atoms with Crippen LogP contribution in [0.3, 0.4) is 0 Å². The summed E-state index contributed by atoms with van der Waals surface area (Å²) in [5.74, 6) is 1.11. The van der Waals surface area contributed by atoms with E-state index in [1.165, 1.54) is 12.8 Å². The van der Waals surface area contributed by atoms with E-state index in [-0.39, 0.29) is 5.69 Å². The number of fused-ring (bicyclic) bond motifs is 1. The SMILES string of the molecule is CCCCCc1nc(N)c2[nH]c(=O)n(CCCCCC(C)(C)C)c2n1. The highest BCUT2D eigenvalue weighted by molar-refractivity contribution is 5.81. The van der Waals surface area contributed by atoms with E-state index >= 15 is 0 Å². The maximum atomic E-state index is 12.3. The minimum absolute atomic E-state index is 0.141. The Bertz CT molecular complexity index is 739. The van der Waals surface area contributed by atoms with Gasteiger partial charge in [-0.25, -0.2) is 14.8 Å². The van der Waals surface area contributed by atoms with Crippen LogP contribution in [0.15, 0.2) is 4.79 Å². The predicted molar refractivity (Wildman–Crippen MR) is 104 cm³/mol. The van der Waals surface area contributed by atoms with E-state index in [0.717, 1.165) is 44.3 Å². The predicted octanol–water partition coefficient (Wildman–Crippen LogP) is 4.04. The van der Waals surface area contributed by atoms with Crippen LogP contribution in [0.2, 0.25) is 0 Å². The molecular formula is C19H33N5O. The largest absolute Gasteiger partial charge is 0.382 e. The Labute approximate surface area is 150 Å². The Kier molecular flexibility index (Phi) is 6.62. The number of nitrogens with one attached hydrogen (secondary N) is 1. The molecule has 2 heterocycles. The summed E-state index contributed by atoms with van der Waals surface area (Å²) in [6.45, 7) is 9.63. The number of unbranched alkanes of at least 4 members (excludes halogenated alkanes) is 4. The van der Waals surface area contributed by atoms with Crippen LogP contribution in [-0.2, 0) is 13.0 Å². The number of nitrogen functional groups attached to an aromatic ring is 1. The summed E-state index contributed by atoms with van der Waals surface area (Å²) in [5, 5.41) is 0. The van der Waals surface area contributed by atoms with Crippen LogP contribution in [0.25, 0.3) is 11.2 Å². The number of hydrogen-bond donors (Lipinski definition) is 2. The minimum Gasteiger partial charge on any atom is -0.382 e. The molecule has 0 radical (unpaired) electrons. The molecular weight excluding hydrogens is 314 g/mol. The monoisotopic (exact) mass is 347 g/mol. The third-order valence-corrected chi connectivity index (χ3v) is 4.51. The van der Waals surface area contributed by atoms with Crippen LogP contribution in [0, 0.1) is 5.41 Å². The first-order valence-corrected chi connectivity index (χ1v) is 9.56. The first-order valence-electron chi connectivity index (χ1n) is 9.56. The second kappa shape index (κ2) is 8.50. The lowest BCUT2D eigenvalue weighted by molar-refractivity contribution is 0.355. The molecule has 0 fully saturated rings. The molecule has 0 aliphatic heterocycles. The summed E-state index contributed by atoms with van der Waals surface area (Å²) in [7, 11) is 0. The molecule has 0 aromatic carbocycles. The third kappa shape index (κ3) is 5.58. The van der Waals surface area contributed by atoms with Gasteiger partial charge in [0.25, 0.3) is 0 Å². The summed E-state index contributed by atoms with van der Waals surface area (Å²) in [6.07, 6.45) is 8.61. The number of anilines is 1. The normalized spacial score (nSPS) is 12.2. The van der Waals surface area contributed by atoms with E-state index in [4.69, 9.17) is 5.73 Å². The number of nitrogens with zero attached hydrogens (tertiary/aromatic N) is 3. The van der Waals surface area contributed by atoms with Gasteiger partial charge in [0.15, 0.2) is 11.5 Å². The van der Waals surface area contributed by atoms with Crippen molar-refractivity contribution >= 4 is 17.0 Å². The Morgan fingerprint density at radius 1 is 1.08 bits per heavy atom. The lowest BCUT2D eigenvalue weighted by atomic mass is 9.89. The standard InChI is InChI=1S/C19H33N5O/c1-5-6-8-11-14-21-16(20)15-17(22-14)24(18(25)23-15)13-10-7-9-12-19(2,3)4/h5-13H2,1-4H3,(H,23,25)(H2,20,21,22). The third-order valence-electron chi connectivity index (χ3n) is 4.51. The van der Waals surface area contributed by atoms with Gasteiger partial charge in [0.2, 0.25) is 0 Å². The van der Waals surface area contributed by atoms with E-state index in [0.29, 0.717) is 28.9 Å². The van der Waals surface area contributed by atoms with Gasteiger partial charge in [-0.2, -0.15) is 0 Å². The molecule has 0 spiro atoms. The van der Waals surface area contributed by atoms with Gasteiger partial charge in [0.05, 0.1) is 0 Å². The zero-order valence-corrected chi connectivity index (χ0v) is 16.2. The van der Waals surface area contributed by atoms with Crippen LogP contribution < -0.4 is 11.4 Å². The Morgan fingerprint density at radius 3 is 2.52 bits per heavy atom. The van der Waals surface area contributed by atoms with Crippen LogP contribution in [0.1, 0.15) is 78.5 Å². The molecule has 0 saturated carbocycles. The van der Waals surface area contributed by atoms with Crippen molar-refractivity contribution in [2.24, 2.45) is 5.41 Å². The Morgan fingerprint density at radius 2 is 1.84 bits per heavy atom. The molecule has 6 nitrogen and oxygen atoms in total. The summed E-state index contributed by atoms with van der Waals surface area (Å²) in [4.78, 5) is 24.0. The average molecular weight is 348 g/mol. The van der Waals surface area contributed by atoms with E-state index in [9.17, 15) is 4.79 Å². The van der Waals surface area contributed by atoms with Crippen LogP contribution in [-0.4, -0.2) is 19.5 Å². The zero-order chi connectivity index (χ0) is 18.4. The fraction of sp³-hybridized carbons (Fsp3) is 0.737. The van der Waals surface area contributed by atoms with Crippen molar-refractivity contribution in [1.29, 1.82) is 0 Å². The van der Waals surface area contributed by atoms with Crippen molar-refractivity contribution in [3.8, 4) is 0 Å². The highest BCUT2D eigenvalue weighted by atomic mass is 16.1. The summed E-state index contributed by atoms with van der Waals surface area (Å²) >= 11 is 0. The molecule has 6 heteroatoms. The maximum absolute atomic E-state index is 12.3. The fourth-order valence-corrected chi connectivity index (χ4v) is 3.05. The highest BCUT2D eigenvalue weighted by Crippen LogP contribution is 2.22. The Hall–Kier alpha value is -1.85. The highest BCUT2D eigenvalue weighted by Gasteiger charge is 2.14. The quantitative estimate of drug-likeness (QED) is 0.670. The van der Waals surface area contributed by atoms with Crippen molar-refractivity contribution in [3.63, 3.8) is 0 Å². The number of hydrogen-bond acceptors (Lipinski definition) is 4. The molecule has 140 valence electrons. The fourth-order valence-electron chi connectivity index (χ4n) is 3.05. The molecule has 0 aliphatic rings. The molecule has 0 amide bonds. The van der Waals surface area contributed by atoms with E-state index in [2.05, 4.69) is 42.6 Å². The number of aromatic amines is 1. The molecule has 3 N–H and O–H groups in total. The molecule has 2 rings (SSSR count). The lowest BCUT2D eigenvalue weighted by Crippen LogP contribution is -2.17. The summed E-state index contributed by atoms with van der Waals surface area (Å²) in [6, 6.07) is 0. The van der Waals surface area contributed by atoms with E-state index in [1.54, 1.807) is 4.57 Å². The molecule has 2 aromatic heterocycles. The molecule has 0 atom stereocenters. The van der Waals surface area contributed by atoms with Crippen molar-refractivity contribution in [2.75, 3.05) is 5.73 Å².